The highest BCUT2D eigenvalue weighted by Gasteiger charge is 2.22. The highest BCUT2D eigenvalue weighted by molar-refractivity contribution is 5.89. The quantitative estimate of drug-likeness (QED) is 0.746. The van der Waals surface area contributed by atoms with Crippen molar-refractivity contribution in [2.75, 3.05) is 25.0 Å². The number of rotatable bonds is 1. The van der Waals surface area contributed by atoms with Crippen LogP contribution < -0.4 is 10.6 Å². The van der Waals surface area contributed by atoms with Crippen molar-refractivity contribution in [2.45, 2.75) is 13.0 Å². The lowest BCUT2D eigenvalue weighted by atomic mass is 10.2. The predicted octanol–water partition coefficient (Wildman–Crippen LogP) is 1.31. The fraction of sp³-hybridized carbons (Fsp3) is 0.417. The maximum atomic E-state index is 11.9. The zero-order chi connectivity index (χ0) is 11.4. The summed E-state index contributed by atoms with van der Waals surface area (Å²) in [5, 5.41) is 6.10. The van der Waals surface area contributed by atoms with Gasteiger partial charge in [0, 0.05) is 31.7 Å². The number of hydrogen-bond donors (Lipinski definition) is 2. The summed E-state index contributed by atoms with van der Waals surface area (Å²) < 4.78 is 0. The number of hydrogen-bond acceptors (Lipinski definition) is 2. The van der Waals surface area contributed by atoms with Crippen molar-refractivity contribution in [1.82, 2.24) is 10.2 Å². The van der Waals surface area contributed by atoms with Crippen LogP contribution in [0.1, 0.15) is 6.92 Å². The minimum absolute atomic E-state index is 0.0450. The monoisotopic (exact) mass is 218 g/mol. The molecule has 1 aromatic rings. The second-order valence-corrected chi connectivity index (χ2v) is 3.95. The molecule has 1 radical (unpaired) electrons. The number of nitrogens with zero attached hydrogens (tertiary/aromatic N) is 1. The number of anilines is 1. The second kappa shape index (κ2) is 4.99. The Balaban J connectivity index is 1.97. The van der Waals surface area contributed by atoms with Gasteiger partial charge in [0.25, 0.3) is 0 Å². The van der Waals surface area contributed by atoms with Crippen molar-refractivity contribution >= 4 is 11.7 Å². The Hall–Kier alpha value is -1.55. The first-order valence-corrected chi connectivity index (χ1v) is 5.52. The van der Waals surface area contributed by atoms with E-state index in [1.54, 1.807) is 6.07 Å². The summed E-state index contributed by atoms with van der Waals surface area (Å²) in [6.07, 6.45) is 0. The topological polar surface area (TPSA) is 44.4 Å². The van der Waals surface area contributed by atoms with Gasteiger partial charge in [-0.2, -0.15) is 0 Å². The van der Waals surface area contributed by atoms with Gasteiger partial charge in [0.2, 0.25) is 0 Å². The Morgan fingerprint density at radius 3 is 3.19 bits per heavy atom. The van der Waals surface area contributed by atoms with E-state index in [-0.39, 0.29) is 12.1 Å². The first-order chi connectivity index (χ1) is 7.77. The lowest BCUT2D eigenvalue weighted by Crippen LogP contribution is -2.53. The van der Waals surface area contributed by atoms with Gasteiger partial charge in [-0.25, -0.2) is 4.79 Å². The third-order valence-electron chi connectivity index (χ3n) is 2.71. The van der Waals surface area contributed by atoms with E-state index in [4.69, 9.17) is 0 Å². The van der Waals surface area contributed by atoms with Gasteiger partial charge in [-0.05, 0) is 13.0 Å². The number of benzene rings is 1. The van der Waals surface area contributed by atoms with Crippen molar-refractivity contribution < 1.29 is 4.79 Å². The van der Waals surface area contributed by atoms with E-state index in [9.17, 15) is 4.79 Å². The molecular weight excluding hydrogens is 202 g/mol. The molecule has 1 aliphatic heterocycles. The largest absolute Gasteiger partial charge is 0.322 e. The van der Waals surface area contributed by atoms with Crippen LogP contribution in [0.25, 0.3) is 0 Å². The molecule has 1 saturated heterocycles. The molecular formula is C12H16N3O. The summed E-state index contributed by atoms with van der Waals surface area (Å²) >= 11 is 0. The lowest BCUT2D eigenvalue weighted by Gasteiger charge is -2.33. The lowest BCUT2D eigenvalue weighted by molar-refractivity contribution is 0.177. The number of carbonyl (C=O) groups excluding carboxylic acids is 1. The third-order valence-corrected chi connectivity index (χ3v) is 2.71. The normalized spacial score (nSPS) is 20.6. The number of para-hydroxylation sites is 1. The standard InChI is InChI=1S/C12H16N3O/c1-10-9-13-7-8-15(10)12(16)14-11-5-3-2-4-6-11/h2-5,10,13H,7-9H2,1H3,(H,14,16). The van der Waals surface area contributed by atoms with E-state index in [1.165, 1.54) is 0 Å². The molecule has 4 nitrogen and oxygen atoms in total. The maximum absolute atomic E-state index is 11.9. The van der Waals surface area contributed by atoms with Crippen LogP contribution in [0.3, 0.4) is 0 Å². The first kappa shape index (κ1) is 11.0. The van der Waals surface area contributed by atoms with Crippen molar-refractivity contribution in [3.05, 3.63) is 30.3 Å². The van der Waals surface area contributed by atoms with Crippen molar-refractivity contribution in [2.24, 2.45) is 0 Å². The summed E-state index contributed by atoms with van der Waals surface area (Å²) in [4.78, 5) is 13.8. The van der Waals surface area contributed by atoms with Crippen LogP contribution in [-0.4, -0.2) is 36.6 Å². The highest BCUT2D eigenvalue weighted by Crippen LogP contribution is 2.08. The molecule has 0 aliphatic carbocycles. The van der Waals surface area contributed by atoms with Crippen molar-refractivity contribution in [1.29, 1.82) is 0 Å². The molecule has 1 fully saturated rings. The number of nitrogens with one attached hydrogen (secondary N) is 2. The average Bonchev–Trinajstić information content (AvgIpc) is 2.31. The molecule has 85 valence electrons. The van der Waals surface area contributed by atoms with Crippen LogP contribution in [0.15, 0.2) is 24.3 Å². The van der Waals surface area contributed by atoms with E-state index < -0.39 is 0 Å². The van der Waals surface area contributed by atoms with Gasteiger partial charge in [0.05, 0.1) is 5.69 Å². The summed E-state index contributed by atoms with van der Waals surface area (Å²) in [6.45, 7) is 4.50. The van der Waals surface area contributed by atoms with Gasteiger partial charge in [0.15, 0.2) is 0 Å². The number of amides is 2. The molecule has 1 unspecified atom stereocenters. The van der Waals surface area contributed by atoms with E-state index in [0.29, 0.717) is 0 Å². The Morgan fingerprint density at radius 2 is 2.50 bits per heavy atom. The van der Waals surface area contributed by atoms with Crippen LogP contribution in [-0.2, 0) is 0 Å². The van der Waals surface area contributed by atoms with Gasteiger partial charge < -0.3 is 15.5 Å². The molecule has 16 heavy (non-hydrogen) atoms. The summed E-state index contributed by atoms with van der Waals surface area (Å²) in [5.41, 5.74) is 0.721. The first-order valence-electron chi connectivity index (χ1n) is 5.52. The van der Waals surface area contributed by atoms with Crippen LogP contribution in [0.5, 0.6) is 0 Å². The van der Waals surface area contributed by atoms with Gasteiger partial charge in [-0.3, -0.25) is 0 Å². The predicted molar refractivity (Wildman–Crippen MR) is 63.3 cm³/mol. The van der Waals surface area contributed by atoms with Gasteiger partial charge in [-0.15, -0.1) is 0 Å². The Morgan fingerprint density at radius 1 is 1.62 bits per heavy atom. The minimum Gasteiger partial charge on any atom is -0.319 e. The molecule has 0 aromatic heterocycles. The number of urea groups is 1. The maximum Gasteiger partial charge on any atom is 0.322 e. The molecule has 4 heteroatoms. The Bertz CT molecular complexity index is 353. The van der Waals surface area contributed by atoms with Crippen molar-refractivity contribution in [3.63, 3.8) is 0 Å². The van der Waals surface area contributed by atoms with E-state index >= 15 is 0 Å². The van der Waals surface area contributed by atoms with Crippen LogP contribution in [0, 0.1) is 6.07 Å². The molecule has 2 rings (SSSR count). The summed E-state index contributed by atoms with van der Waals surface area (Å²) in [7, 11) is 0. The zero-order valence-corrected chi connectivity index (χ0v) is 9.36. The van der Waals surface area contributed by atoms with Gasteiger partial charge >= 0.3 is 6.03 Å². The Kier molecular flexibility index (Phi) is 3.41. The second-order valence-electron chi connectivity index (χ2n) is 3.95. The molecule has 1 heterocycles. The molecule has 1 atom stereocenters. The van der Waals surface area contributed by atoms with Crippen molar-refractivity contribution in [3.8, 4) is 0 Å². The number of piperazine rings is 1. The minimum atomic E-state index is -0.0450. The molecule has 1 aliphatic rings. The van der Waals surface area contributed by atoms with E-state index in [2.05, 4.69) is 16.7 Å². The fourth-order valence-corrected chi connectivity index (χ4v) is 1.80. The average molecular weight is 218 g/mol. The molecule has 2 amide bonds. The van der Waals surface area contributed by atoms with Crippen LogP contribution in [0.2, 0.25) is 0 Å². The molecule has 1 aromatic carbocycles. The Labute approximate surface area is 95.6 Å². The molecule has 0 saturated carbocycles. The van der Waals surface area contributed by atoms with Gasteiger partial charge in [-0.1, -0.05) is 18.2 Å². The molecule has 0 spiro atoms. The zero-order valence-electron chi connectivity index (χ0n) is 9.36. The molecule has 0 bridgehead atoms. The van der Waals surface area contributed by atoms with Gasteiger partial charge in [0.1, 0.15) is 0 Å². The summed E-state index contributed by atoms with van der Waals surface area (Å²) in [6, 6.07) is 10.6. The SMILES string of the molecule is CC1CNCCN1C(=O)Nc1[c]cccc1. The van der Waals surface area contributed by atoms with E-state index in [0.717, 1.165) is 25.3 Å². The summed E-state index contributed by atoms with van der Waals surface area (Å²) in [5.74, 6) is 0. The third kappa shape index (κ3) is 2.52. The smallest absolute Gasteiger partial charge is 0.319 e. The number of carbonyl (C=O) groups is 1. The van der Waals surface area contributed by atoms with Crippen LogP contribution in [0.4, 0.5) is 10.5 Å². The fourth-order valence-electron chi connectivity index (χ4n) is 1.80. The highest BCUT2D eigenvalue weighted by atomic mass is 16.2. The molecule has 2 N–H and O–H groups in total. The van der Waals surface area contributed by atoms with Crippen LogP contribution >= 0.6 is 0 Å². The van der Waals surface area contributed by atoms with E-state index in [1.807, 2.05) is 30.0 Å².